The van der Waals surface area contributed by atoms with Crippen molar-refractivity contribution in [3.63, 3.8) is 0 Å². The molecule has 2 fully saturated rings. The first kappa shape index (κ1) is 29.7. The number of hydrogen-bond acceptors (Lipinski definition) is 6. The number of carboxylic acid groups (broad SMARTS) is 1. The summed E-state index contributed by atoms with van der Waals surface area (Å²) in [6, 6.07) is 8.54. The van der Waals surface area contributed by atoms with Gasteiger partial charge in [-0.25, -0.2) is 8.42 Å². The van der Waals surface area contributed by atoms with Crippen molar-refractivity contribution in [1.29, 1.82) is 0 Å². The Hall–Kier alpha value is -2.77. The topological polar surface area (TPSA) is 102 Å². The van der Waals surface area contributed by atoms with Gasteiger partial charge in [-0.2, -0.15) is 13.2 Å². The molecule has 3 aliphatic rings. The second-order valence-corrected chi connectivity index (χ2v) is 14.4. The number of hydrogen-bond donors (Lipinski definition) is 1. The highest BCUT2D eigenvalue weighted by molar-refractivity contribution is 7.92. The van der Waals surface area contributed by atoms with Crippen LogP contribution in [0.2, 0.25) is 0 Å². The Kier molecular flexibility index (Phi) is 6.98. The SMILES string of the molecule is CC1(C(=O)O)CC(C[C@H]2CN(S(=O)(=O)c3cccc(C(F)(F)F)c3)c3cc(B4OC(C)(C)C(C)(C)O4)ccc3O2)C1. The van der Waals surface area contributed by atoms with Crippen molar-refractivity contribution in [2.45, 2.75) is 82.3 Å². The Morgan fingerprint density at radius 2 is 1.68 bits per heavy atom. The van der Waals surface area contributed by atoms with E-state index in [0.717, 1.165) is 22.5 Å². The van der Waals surface area contributed by atoms with Crippen molar-refractivity contribution >= 4 is 34.3 Å². The Labute approximate surface area is 238 Å². The maximum atomic E-state index is 13.9. The molecule has 2 aromatic carbocycles. The van der Waals surface area contributed by atoms with E-state index in [9.17, 15) is 31.5 Å². The number of nitrogens with zero attached hydrogens (tertiary/aromatic N) is 1. The molecule has 2 aromatic rings. The number of benzene rings is 2. The van der Waals surface area contributed by atoms with Crippen LogP contribution in [-0.2, 0) is 30.3 Å². The van der Waals surface area contributed by atoms with E-state index in [1.54, 1.807) is 25.1 Å². The van der Waals surface area contributed by atoms with E-state index >= 15 is 0 Å². The number of rotatable bonds is 6. The molecular formula is C28H33BF3NO7S. The van der Waals surface area contributed by atoms with Crippen LogP contribution in [0.25, 0.3) is 0 Å². The number of halogens is 3. The summed E-state index contributed by atoms with van der Waals surface area (Å²) in [5.74, 6) is -0.630. The van der Waals surface area contributed by atoms with Crippen LogP contribution in [0.5, 0.6) is 5.75 Å². The molecule has 0 unspecified atom stereocenters. The maximum Gasteiger partial charge on any atom is 0.494 e. The van der Waals surface area contributed by atoms with Crippen molar-refractivity contribution < 1.29 is 45.5 Å². The molecule has 1 saturated heterocycles. The highest BCUT2D eigenvalue weighted by atomic mass is 32.2. The van der Waals surface area contributed by atoms with Gasteiger partial charge >= 0.3 is 19.3 Å². The Bertz CT molecular complexity index is 1460. The van der Waals surface area contributed by atoms with Crippen LogP contribution in [0.4, 0.5) is 18.9 Å². The van der Waals surface area contributed by atoms with Crippen LogP contribution in [0.3, 0.4) is 0 Å². The fraction of sp³-hybridized carbons (Fsp3) is 0.536. The average Bonchev–Trinajstić information content (AvgIpc) is 3.08. The minimum Gasteiger partial charge on any atom is -0.486 e. The van der Waals surface area contributed by atoms with E-state index in [1.165, 1.54) is 0 Å². The molecule has 0 aromatic heterocycles. The monoisotopic (exact) mass is 595 g/mol. The number of anilines is 1. The first-order valence-electron chi connectivity index (χ1n) is 13.4. The molecule has 1 N–H and O–H groups in total. The summed E-state index contributed by atoms with van der Waals surface area (Å²) >= 11 is 0. The zero-order valence-corrected chi connectivity index (χ0v) is 24.3. The van der Waals surface area contributed by atoms with E-state index in [4.69, 9.17) is 14.0 Å². The lowest BCUT2D eigenvalue weighted by Gasteiger charge is -2.44. The number of ether oxygens (including phenoxy) is 1. The number of aliphatic carboxylic acids is 1. The van der Waals surface area contributed by atoms with E-state index in [-0.39, 0.29) is 23.9 Å². The fourth-order valence-corrected chi connectivity index (χ4v) is 7.24. The molecule has 0 radical (unpaired) electrons. The van der Waals surface area contributed by atoms with Gasteiger partial charge in [-0.3, -0.25) is 9.10 Å². The van der Waals surface area contributed by atoms with Crippen molar-refractivity contribution in [2.24, 2.45) is 11.3 Å². The molecule has 0 amide bonds. The largest absolute Gasteiger partial charge is 0.494 e. The smallest absolute Gasteiger partial charge is 0.486 e. The molecule has 222 valence electrons. The molecule has 41 heavy (non-hydrogen) atoms. The second-order valence-electron chi connectivity index (χ2n) is 12.5. The molecule has 0 bridgehead atoms. The molecule has 13 heteroatoms. The van der Waals surface area contributed by atoms with Crippen LogP contribution in [0.15, 0.2) is 47.4 Å². The summed E-state index contributed by atoms with van der Waals surface area (Å²) in [7, 11) is -5.26. The lowest BCUT2D eigenvalue weighted by atomic mass is 9.61. The first-order valence-corrected chi connectivity index (χ1v) is 14.9. The van der Waals surface area contributed by atoms with E-state index in [1.807, 2.05) is 27.7 Å². The Morgan fingerprint density at radius 1 is 1.05 bits per heavy atom. The van der Waals surface area contributed by atoms with Crippen molar-refractivity contribution in [2.75, 3.05) is 10.8 Å². The molecule has 1 saturated carbocycles. The third kappa shape index (κ3) is 5.32. The van der Waals surface area contributed by atoms with Crippen molar-refractivity contribution in [1.82, 2.24) is 0 Å². The number of carbonyl (C=O) groups is 1. The lowest BCUT2D eigenvalue weighted by Crippen LogP contribution is -2.48. The molecule has 1 aliphatic carbocycles. The summed E-state index contributed by atoms with van der Waals surface area (Å²) in [6.07, 6.45) is -4.10. The molecule has 8 nitrogen and oxygen atoms in total. The number of carboxylic acids is 1. The van der Waals surface area contributed by atoms with Gasteiger partial charge in [0.25, 0.3) is 10.0 Å². The predicted octanol–water partition coefficient (Wildman–Crippen LogP) is 4.85. The van der Waals surface area contributed by atoms with Crippen LogP contribution in [0.1, 0.15) is 59.4 Å². The number of fused-ring (bicyclic) bond motifs is 1. The normalized spacial score (nSPS) is 27.1. The second kappa shape index (κ2) is 9.63. The summed E-state index contributed by atoms with van der Waals surface area (Å²) in [5.41, 5.74) is -2.51. The van der Waals surface area contributed by atoms with Gasteiger partial charge < -0.3 is 19.2 Å². The summed E-state index contributed by atoms with van der Waals surface area (Å²) in [5, 5.41) is 9.46. The zero-order chi connectivity index (χ0) is 30.2. The van der Waals surface area contributed by atoms with E-state index < -0.39 is 62.5 Å². The molecule has 5 rings (SSSR count). The molecule has 0 spiro atoms. The minimum atomic E-state index is -4.72. The van der Waals surface area contributed by atoms with E-state index in [2.05, 4.69) is 0 Å². The highest BCUT2D eigenvalue weighted by Crippen LogP contribution is 2.49. The van der Waals surface area contributed by atoms with Gasteiger partial charge in [-0.05, 0) is 95.6 Å². The molecular weight excluding hydrogens is 562 g/mol. The summed E-state index contributed by atoms with van der Waals surface area (Å²) in [6.45, 7) is 9.07. The zero-order valence-electron chi connectivity index (χ0n) is 23.5. The predicted molar refractivity (Wildman–Crippen MR) is 146 cm³/mol. The van der Waals surface area contributed by atoms with Gasteiger partial charge in [0, 0.05) is 0 Å². The average molecular weight is 595 g/mol. The molecule has 1 atom stereocenters. The van der Waals surface area contributed by atoms with Gasteiger partial charge in [0.2, 0.25) is 0 Å². The summed E-state index contributed by atoms with van der Waals surface area (Å²) < 4.78 is 87.8. The number of alkyl halides is 3. The van der Waals surface area contributed by atoms with Crippen LogP contribution in [-0.4, -0.2) is 50.5 Å². The summed E-state index contributed by atoms with van der Waals surface area (Å²) in [4.78, 5) is 11.0. The number of sulfonamides is 1. The third-order valence-electron chi connectivity index (χ3n) is 8.78. The third-order valence-corrected chi connectivity index (χ3v) is 10.6. The van der Waals surface area contributed by atoms with Crippen LogP contribution < -0.4 is 14.5 Å². The molecule has 2 aliphatic heterocycles. The van der Waals surface area contributed by atoms with Crippen LogP contribution in [0, 0.1) is 11.3 Å². The van der Waals surface area contributed by atoms with E-state index in [0.29, 0.717) is 30.8 Å². The van der Waals surface area contributed by atoms with Gasteiger partial charge in [0.05, 0.1) is 39.3 Å². The Balaban J connectivity index is 1.51. The molecule has 2 heterocycles. The lowest BCUT2D eigenvalue weighted by molar-refractivity contribution is -0.157. The minimum absolute atomic E-state index is 0.00443. The fourth-order valence-electron chi connectivity index (χ4n) is 5.69. The Morgan fingerprint density at radius 3 is 2.27 bits per heavy atom. The standard InChI is InChI=1S/C28H33BF3NO7S/c1-25(2)26(3,4)40-29(39-25)19-9-10-23-22(13-19)33(16-20(38-23)11-17-14-27(5,15-17)24(34)35)41(36,37)21-8-6-7-18(12-21)28(30,31)32/h6-10,12-13,17,20H,11,14-16H2,1-5H3,(H,34,35)/t17?,20-,27?/m0/s1. The quantitative estimate of drug-likeness (QED) is 0.477. The van der Waals surface area contributed by atoms with Gasteiger partial charge in [0.15, 0.2) is 0 Å². The highest BCUT2D eigenvalue weighted by Gasteiger charge is 2.52. The van der Waals surface area contributed by atoms with Crippen molar-refractivity contribution in [3.05, 3.63) is 48.0 Å². The van der Waals surface area contributed by atoms with Gasteiger partial charge in [0.1, 0.15) is 11.9 Å². The van der Waals surface area contributed by atoms with Crippen molar-refractivity contribution in [3.8, 4) is 5.75 Å². The first-order chi connectivity index (χ1) is 18.8. The van der Waals surface area contributed by atoms with Gasteiger partial charge in [-0.1, -0.05) is 12.1 Å². The maximum absolute atomic E-state index is 13.9. The van der Waals surface area contributed by atoms with Gasteiger partial charge in [-0.15, -0.1) is 0 Å². The van der Waals surface area contributed by atoms with Crippen LogP contribution >= 0.6 is 0 Å².